The lowest BCUT2D eigenvalue weighted by molar-refractivity contribution is -0.208. The molecular formula is C4H9NO5S. The van der Waals surface area contributed by atoms with Crippen molar-refractivity contribution in [1.82, 2.24) is 0 Å². The average molecular weight is 183 g/mol. The summed E-state index contributed by atoms with van der Waals surface area (Å²) in [6, 6.07) is 0. The summed E-state index contributed by atoms with van der Waals surface area (Å²) in [4.78, 5) is 13.8. The van der Waals surface area contributed by atoms with Crippen molar-refractivity contribution in [2.75, 3.05) is 12.3 Å². The first-order chi connectivity index (χ1) is 4.98. The summed E-state index contributed by atoms with van der Waals surface area (Å²) in [5.41, 5.74) is 4.92. The maximum Gasteiger partial charge on any atom is 0.340 e. The molecule has 0 saturated heterocycles. The zero-order chi connectivity index (χ0) is 8.91. The first-order valence-electron chi connectivity index (χ1n) is 2.77. The highest BCUT2D eigenvalue weighted by Crippen LogP contribution is 1.92. The standard InChI is InChI=1S/C4H9NO5S/c1-4(6)9-10-11(7,8)3-2-5/h2-3,5H2,1H3. The number of hydrogen-bond acceptors (Lipinski definition) is 6. The monoisotopic (exact) mass is 183 g/mol. The van der Waals surface area contributed by atoms with Gasteiger partial charge in [0.1, 0.15) is 0 Å². The fourth-order valence-electron chi connectivity index (χ4n) is 0.278. The van der Waals surface area contributed by atoms with E-state index in [1.165, 1.54) is 0 Å². The molecule has 0 unspecified atom stereocenters. The van der Waals surface area contributed by atoms with Crippen LogP contribution < -0.4 is 5.73 Å². The minimum absolute atomic E-state index is 0.0798. The van der Waals surface area contributed by atoms with E-state index in [2.05, 4.69) is 9.22 Å². The van der Waals surface area contributed by atoms with E-state index >= 15 is 0 Å². The van der Waals surface area contributed by atoms with Gasteiger partial charge in [0.15, 0.2) is 0 Å². The minimum atomic E-state index is -3.79. The summed E-state index contributed by atoms with van der Waals surface area (Å²) in [5.74, 6) is -1.20. The van der Waals surface area contributed by atoms with Crippen molar-refractivity contribution in [1.29, 1.82) is 0 Å². The molecule has 11 heavy (non-hydrogen) atoms. The van der Waals surface area contributed by atoms with Crippen LogP contribution in [-0.2, 0) is 24.1 Å². The molecule has 0 aromatic heterocycles. The fourth-order valence-corrected chi connectivity index (χ4v) is 0.834. The van der Waals surface area contributed by atoms with Crippen molar-refractivity contribution in [2.45, 2.75) is 6.92 Å². The molecule has 0 aliphatic carbocycles. The summed E-state index contributed by atoms with van der Waals surface area (Å²) in [6.07, 6.45) is 0. The van der Waals surface area contributed by atoms with Crippen LogP contribution in [0.2, 0.25) is 0 Å². The highest BCUT2D eigenvalue weighted by Gasteiger charge is 2.12. The number of nitrogens with two attached hydrogens (primary N) is 1. The third kappa shape index (κ3) is 5.77. The summed E-state index contributed by atoms with van der Waals surface area (Å²) >= 11 is 0. The Morgan fingerprint density at radius 1 is 1.55 bits per heavy atom. The number of carbonyl (C=O) groups excluding carboxylic acids is 1. The highest BCUT2D eigenvalue weighted by atomic mass is 32.2. The van der Waals surface area contributed by atoms with Crippen LogP contribution in [-0.4, -0.2) is 26.7 Å². The molecule has 0 amide bonds. The van der Waals surface area contributed by atoms with Gasteiger partial charge in [0.2, 0.25) is 0 Å². The van der Waals surface area contributed by atoms with Gasteiger partial charge in [-0.3, -0.25) is 4.89 Å². The molecule has 7 heteroatoms. The second-order valence-electron chi connectivity index (χ2n) is 1.69. The Labute approximate surface area is 64.3 Å². The van der Waals surface area contributed by atoms with E-state index in [1.807, 2.05) is 0 Å². The van der Waals surface area contributed by atoms with Crippen LogP contribution in [0.4, 0.5) is 0 Å². The first-order valence-corrected chi connectivity index (χ1v) is 4.35. The van der Waals surface area contributed by atoms with Crippen LogP contribution in [0.25, 0.3) is 0 Å². The van der Waals surface area contributed by atoms with Crippen molar-refractivity contribution in [2.24, 2.45) is 5.73 Å². The third-order valence-electron chi connectivity index (χ3n) is 0.623. The summed E-state index contributed by atoms with van der Waals surface area (Å²) in [6.45, 7) is 0.946. The van der Waals surface area contributed by atoms with Crippen LogP contribution in [0.5, 0.6) is 0 Å². The third-order valence-corrected chi connectivity index (χ3v) is 1.63. The quantitative estimate of drug-likeness (QED) is 0.433. The summed E-state index contributed by atoms with van der Waals surface area (Å²) < 4.78 is 24.9. The van der Waals surface area contributed by atoms with Gasteiger partial charge in [0.05, 0.1) is 5.75 Å². The largest absolute Gasteiger partial charge is 0.340 e. The number of carbonyl (C=O) groups is 1. The van der Waals surface area contributed by atoms with Crippen LogP contribution in [0.3, 0.4) is 0 Å². The normalized spacial score (nSPS) is 11.1. The summed E-state index contributed by atoms with van der Waals surface area (Å²) in [7, 11) is -3.79. The van der Waals surface area contributed by atoms with Gasteiger partial charge in [-0.25, -0.2) is 4.79 Å². The van der Waals surface area contributed by atoms with E-state index in [-0.39, 0.29) is 12.3 Å². The van der Waals surface area contributed by atoms with Crippen LogP contribution in [0, 0.1) is 0 Å². The van der Waals surface area contributed by atoms with Crippen molar-refractivity contribution >= 4 is 16.1 Å². The van der Waals surface area contributed by atoms with Crippen molar-refractivity contribution in [3.05, 3.63) is 0 Å². The molecular weight excluding hydrogens is 174 g/mol. The molecule has 66 valence electrons. The van der Waals surface area contributed by atoms with E-state index in [1.54, 1.807) is 0 Å². The summed E-state index contributed by atoms with van der Waals surface area (Å²) in [5, 5.41) is 0. The van der Waals surface area contributed by atoms with Gasteiger partial charge >= 0.3 is 16.1 Å². The molecule has 0 bridgehead atoms. The Morgan fingerprint density at radius 2 is 2.09 bits per heavy atom. The molecule has 0 aromatic carbocycles. The average Bonchev–Trinajstić information content (AvgIpc) is 1.84. The van der Waals surface area contributed by atoms with E-state index in [0.29, 0.717) is 0 Å². The van der Waals surface area contributed by atoms with E-state index < -0.39 is 16.1 Å². The maximum absolute atomic E-state index is 10.6. The van der Waals surface area contributed by atoms with Crippen LogP contribution in [0.1, 0.15) is 6.92 Å². The smallest absolute Gasteiger partial charge is 0.329 e. The Kier molecular flexibility index (Phi) is 4.01. The van der Waals surface area contributed by atoms with Crippen molar-refractivity contribution in [3.8, 4) is 0 Å². The molecule has 0 aliphatic rings. The molecule has 0 aliphatic heterocycles. The second kappa shape index (κ2) is 4.27. The van der Waals surface area contributed by atoms with Gasteiger partial charge in [-0.2, -0.15) is 8.42 Å². The lowest BCUT2D eigenvalue weighted by Crippen LogP contribution is -2.19. The van der Waals surface area contributed by atoms with Gasteiger partial charge in [-0.1, -0.05) is 4.33 Å². The topological polar surface area (TPSA) is 95.7 Å². The maximum atomic E-state index is 10.6. The van der Waals surface area contributed by atoms with E-state index in [9.17, 15) is 13.2 Å². The molecule has 0 heterocycles. The van der Waals surface area contributed by atoms with Gasteiger partial charge in [0.25, 0.3) is 0 Å². The van der Waals surface area contributed by atoms with Gasteiger partial charge < -0.3 is 5.73 Å². The van der Waals surface area contributed by atoms with Crippen molar-refractivity contribution < 1.29 is 22.4 Å². The van der Waals surface area contributed by atoms with Gasteiger partial charge in [-0.15, -0.1) is 0 Å². The van der Waals surface area contributed by atoms with Crippen LogP contribution >= 0.6 is 0 Å². The number of rotatable bonds is 4. The van der Waals surface area contributed by atoms with Gasteiger partial charge in [-0.05, 0) is 0 Å². The predicted molar refractivity (Wildman–Crippen MR) is 35.7 cm³/mol. The molecule has 0 saturated carbocycles. The Morgan fingerprint density at radius 3 is 2.45 bits per heavy atom. The van der Waals surface area contributed by atoms with Crippen molar-refractivity contribution in [3.63, 3.8) is 0 Å². The first kappa shape index (κ1) is 10.3. The second-order valence-corrected chi connectivity index (χ2v) is 3.35. The Hall–Kier alpha value is -0.660. The Balaban J connectivity index is 3.84. The lowest BCUT2D eigenvalue weighted by atomic mass is 10.8. The lowest BCUT2D eigenvalue weighted by Gasteiger charge is -1.99. The SMILES string of the molecule is CC(=O)OOS(=O)(=O)CCN. The molecule has 2 N–H and O–H groups in total. The van der Waals surface area contributed by atoms with Gasteiger partial charge in [0, 0.05) is 13.5 Å². The Bertz CT molecular complexity index is 221. The molecule has 0 rings (SSSR count). The predicted octanol–water partition coefficient (Wildman–Crippen LogP) is -1.23. The molecule has 6 nitrogen and oxygen atoms in total. The zero-order valence-electron chi connectivity index (χ0n) is 5.94. The van der Waals surface area contributed by atoms with E-state index in [4.69, 9.17) is 5.73 Å². The fraction of sp³-hybridized carbons (Fsp3) is 0.750. The van der Waals surface area contributed by atoms with Crippen LogP contribution in [0.15, 0.2) is 0 Å². The molecule has 0 fully saturated rings. The zero-order valence-corrected chi connectivity index (χ0v) is 6.76. The number of hydrogen-bond donors (Lipinski definition) is 1. The molecule has 0 spiro atoms. The molecule has 0 radical (unpaired) electrons. The highest BCUT2D eigenvalue weighted by molar-refractivity contribution is 7.86. The molecule has 0 atom stereocenters. The minimum Gasteiger partial charge on any atom is -0.329 e. The van der Waals surface area contributed by atoms with E-state index in [0.717, 1.165) is 6.92 Å². The molecule has 0 aromatic rings.